The first-order chi connectivity index (χ1) is 10.8. The van der Waals surface area contributed by atoms with E-state index in [9.17, 15) is 0 Å². The summed E-state index contributed by atoms with van der Waals surface area (Å²) in [6.07, 6.45) is 3.62. The maximum atomic E-state index is 4.74. The van der Waals surface area contributed by atoms with E-state index < -0.39 is 0 Å². The molecule has 0 aliphatic carbocycles. The number of fused-ring (bicyclic) bond motifs is 1. The highest BCUT2D eigenvalue weighted by Crippen LogP contribution is 2.25. The van der Waals surface area contributed by atoms with Crippen LogP contribution in [0.4, 0.5) is 5.82 Å². The van der Waals surface area contributed by atoms with Crippen molar-refractivity contribution in [3.63, 3.8) is 0 Å². The van der Waals surface area contributed by atoms with Gasteiger partial charge in [-0.1, -0.05) is 50.1 Å². The van der Waals surface area contributed by atoms with Gasteiger partial charge in [-0.15, -0.1) is 0 Å². The molecular formula is C18H22N4. The molecular weight excluding hydrogens is 272 g/mol. The Kier molecular flexibility index (Phi) is 4.37. The smallest absolute Gasteiger partial charge is 0.163 e. The van der Waals surface area contributed by atoms with Crippen molar-refractivity contribution < 1.29 is 0 Å². The third kappa shape index (κ3) is 3.11. The van der Waals surface area contributed by atoms with Gasteiger partial charge in [0.15, 0.2) is 5.82 Å². The number of aromatic nitrogens is 3. The van der Waals surface area contributed by atoms with Gasteiger partial charge in [-0.25, -0.2) is 9.97 Å². The Bertz CT molecular complexity index is 746. The first-order valence-electron chi connectivity index (χ1n) is 7.94. The number of benzene rings is 1. The molecule has 2 heterocycles. The number of aromatic amines is 1. The number of aryl methyl sites for hydroxylation is 1. The molecule has 0 aliphatic rings. The summed E-state index contributed by atoms with van der Waals surface area (Å²) in [4.78, 5) is 12.7. The Morgan fingerprint density at radius 3 is 2.68 bits per heavy atom. The van der Waals surface area contributed by atoms with Gasteiger partial charge < -0.3 is 10.3 Å². The van der Waals surface area contributed by atoms with Crippen LogP contribution in [0.1, 0.15) is 31.9 Å². The van der Waals surface area contributed by atoms with E-state index in [0.717, 1.165) is 46.9 Å². The molecule has 114 valence electrons. The minimum atomic E-state index is 0.757. The first kappa shape index (κ1) is 14.6. The topological polar surface area (TPSA) is 53.6 Å². The van der Waals surface area contributed by atoms with Crippen molar-refractivity contribution in [2.75, 3.05) is 11.9 Å². The first-order valence-corrected chi connectivity index (χ1v) is 7.94. The van der Waals surface area contributed by atoms with E-state index in [2.05, 4.69) is 28.3 Å². The number of anilines is 1. The molecule has 22 heavy (non-hydrogen) atoms. The number of H-pyrrole nitrogens is 1. The van der Waals surface area contributed by atoms with E-state index in [0.29, 0.717) is 0 Å². The van der Waals surface area contributed by atoms with Gasteiger partial charge in [0.1, 0.15) is 11.5 Å². The molecule has 0 atom stereocenters. The van der Waals surface area contributed by atoms with Gasteiger partial charge in [-0.05, 0) is 19.4 Å². The average molecular weight is 294 g/mol. The molecule has 4 heteroatoms. The molecule has 1 aromatic carbocycles. The van der Waals surface area contributed by atoms with Crippen molar-refractivity contribution in [2.24, 2.45) is 0 Å². The number of nitrogens with zero attached hydrogens (tertiary/aromatic N) is 2. The Morgan fingerprint density at radius 1 is 1.09 bits per heavy atom. The number of hydrogen-bond donors (Lipinski definition) is 2. The van der Waals surface area contributed by atoms with Crippen molar-refractivity contribution in [1.29, 1.82) is 0 Å². The molecule has 0 saturated carbocycles. The molecule has 0 unspecified atom stereocenters. The summed E-state index contributed by atoms with van der Waals surface area (Å²) in [6, 6.07) is 12.2. The van der Waals surface area contributed by atoms with Gasteiger partial charge in [0, 0.05) is 17.8 Å². The van der Waals surface area contributed by atoms with Crippen LogP contribution in [0.5, 0.6) is 0 Å². The Morgan fingerprint density at radius 2 is 1.91 bits per heavy atom. The van der Waals surface area contributed by atoms with E-state index in [4.69, 9.17) is 4.98 Å². The monoisotopic (exact) mass is 294 g/mol. The zero-order valence-corrected chi connectivity index (χ0v) is 13.2. The Labute approximate surface area is 131 Å². The molecule has 3 rings (SSSR count). The molecule has 2 N–H and O–H groups in total. The summed E-state index contributed by atoms with van der Waals surface area (Å²) in [5, 5.41) is 4.54. The number of hydrogen-bond acceptors (Lipinski definition) is 3. The minimum absolute atomic E-state index is 0.757. The van der Waals surface area contributed by atoms with Gasteiger partial charge in [0.05, 0.1) is 5.39 Å². The quantitative estimate of drug-likeness (QED) is 0.656. The summed E-state index contributed by atoms with van der Waals surface area (Å²) in [7, 11) is 0. The van der Waals surface area contributed by atoms with Gasteiger partial charge >= 0.3 is 0 Å². The van der Waals surface area contributed by atoms with Crippen LogP contribution >= 0.6 is 0 Å². The number of rotatable bonds is 6. The maximum Gasteiger partial charge on any atom is 0.163 e. The van der Waals surface area contributed by atoms with Crippen LogP contribution in [0.25, 0.3) is 22.4 Å². The van der Waals surface area contributed by atoms with Gasteiger partial charge in [0.2, 0.25) is 0 Å². The highest BCUT2D eigenvalue weighted by Gasteiger charge is 2.11. The minimum Gasteiger partial charge on any atom is -0.369 e. The lowest BCUT2D eigenvalue weighted by atomic mass is 10.2. The second kappa shape index (κ2) is 6.60. The van der Waals surface area contributed by atoms with Gasteiger partial charge in [-0.2, -0.15) is 0 Å². The normalized spacial score (nSPS) is 11.0. The van der Waals surface area contributed by atoms with Crippen LogP contribution in [0.3, 0.4) is 0 Å². The van der Waals surface area contributed by atoms with Crippen molar-refractivity contribution in [2.45, 2.75) is 33.1 Å². The predicted octanol–water partition coefficient (Wildman–Crippen LogP) is 4.54. The summed E-state index contributed by atoms with van der Waals surface area (Å²) < 4.78 is 0. The summed E-state index contributed by atoms with van der Waals surface area (Å²) in [6.45, 7) is 5.20. The van der Waals surface area contributed by atoms with Gasteiger partial charge in [0.25, 0.3) is 0 Å². The fourth-order valence-corrected chi connectivity index (χ4v) is 2.57. The zero-order chi connectivity index (χ0) is 15.4. The van der Waals surface area contributed by atoms with E-state index >= 15 is 0 Å². The number of unbranched alkanes of at least 4 members (excludes halogenated alkanes) is 2. The molecule has 0 bridgehead atoms. The molecule has 0 saturated heterocycles. The lowest BCUT2D eigenvalue weighted by Gasteiger charge is -2.08. The molecule has 0 aliphatic heterocycles. The van der Waals surface area contributed by atoms with E-state index in [1.165, 1.54) is 12.8 Å². The van der Waals surface area contributed by atoms with Gasteiger partial charge in [-0.3, -0.25) is 0 Å². The average Bonchev–Trinajstić information content (AvgIpc) is 2.92. The van der Waals surface area contributed by atoms with Crippen molar-refractivity contribution >= 4 is 16.9 Å². The fourth-order valence-electron chi connectivity index (χ4n) is 2.57. The fraction of sp³-hybridized carbons (Fsp3) is 0.333. The predicted molar refractivity (Wildman–Crippen MR) is 92.1 cm³/mol. The highest BCUT2D eigenvalue weighted by atomic mass is 15.1. The van der Waals surface area contributed by atoms with Crippen LogP contribution in [0, 0.1) is 6.92 Å². The van der Waals surface area contributed by atoms with Crippen molar-refractivity contribution in [3.8, 4) is 11.4 Å². The van der Waals surface area contributed by atoms with E-state index in [1.807, 2.05) is 37.3 Å². The van der Waals surface area contributed by atoms with Crippen LogP contribution in [-0.2, 0) is 0 Å². The van der Waals surface area contributed by atoms with Crippen LogP contribution in [0.2, 0.25) is 0 Å². The summed E-state index contributed by atoms with van der Waals surface area (Å²) in [5.41, 5.74) is 3.03. The molecule has 0 radical (unpaired) electrons. The molecule has 4 nitrogen and oxygen atoms in total. The highest BCUT2D eigenvalue weighted by molar-refractivity contribution is 5.89. The SMILES string of the molecule is CCCCCNc1nc(-c2ccccc2)nc2[nH]c(C)cc12. The Balaban J connectivity index is 1.97. The second-order valence-electron chi connectivity index (χ2n) is 5.61. The largest absolute Gasteiger partial charge is 0.369 e. The molecule has 3 aromatic rings. The molecule has 0 spiro atoms. The third-order valence-electron chi connectivity index (χ3n) is 3.73. The second-order valence-corrected chi connectivity index (χ2v) is 5.61. The van der Waals surface area contributed by atoms with E-state index in [1.54, 1.807) is 0 Å². The summed E-state index contributed by atoms with van der Waals surface area (Å²) >= 11 is 0. The summed E-state index contributed by atoms with van der Waals surface area (Å²) in [5.74, 6) is 1.68. The Hall–Kier alpha value is -2.36. The van der Waals surface area contributed by atoms with Crippen LogP contribution in [-0.4, -0.2) is 21.5 Å². The molecule has 0 amide bonds. The lowest BCUT2D eigenvalue weighted by molar-refractivity contribution is 0.743. The number of nitrogens with one attached hydrogen (secondary N) is 2. The standard InChI is InChI=1S/C18H22N4/c1-3-4-8-11-19-17-15-12-13(2)20-18(15)22-16(21-17)14-9-6-5-7-10-14/h5-7,9-10,12H,3-4,8,11H2,1-2H3,(H2,19,20,21,22). The molecule has 0 fully saturated rings. The zero-order valence-electron chi connectivity index (χ0n) is 13.2. The maximum absolute atomic E-state index is 4.74. The third-order valence-corrected chi connectivity index (χ3v) is 3.73. The van der Waals surface area contributed by atoms with E-state index in [-0.39, 0.29) is 0 Å². The molecule has 2 aromatic heterocycles. The van der Waals surface area contributed by atoms with Crippen LogP contribution in [0.15, 0.2) is 36.4 Å². The lowest BCUT2D eigenvalue weighted by Crippen LogP contribution is -2.05. The van der Waals surface area contributed by atoms with Crippen LogP contribution < -0.4 is 5.32 Å². The van der Waals surface area contributed by atoms with Crippen molar-refractivity contribution in [3.05, 3.63) is 42.1 Å². The van der Waals surface area contributed by atoms with Crippen molar-refractivity contribution in [1.82, 2.24) is 15.0 Å².